The third-order valence-corrected chi connectivity index (χ3v) is 3.48. The highest BCUT2D eigenvalue weighted by Gasteiger charge is 2.31. The lowest BCUT2D eigenvalue weighted by Gasteiger charge is -2.37. The number of nitrogens with zero attached hydrogens (tertiary/aromatic N) is 2. The van der Waals surface area contributed by atoms with E-state index in [2.05, 4.69) is 5.16 Å². The highest BCUT2D eigenvalue weighted by molar-refractivity contribution is 5.92. The number of nitrogens with two attached hydrogens (primary N) is 1. The Bertz CT molecular complexity index is 431. The minimum Gasteiger partial charge on any atom is -0.377 e. The fourth-order valence-corrected chi connectivity index (χ4v) is 2.53. The van der Waals surface area contributed by atoms with E-state index in [9.17, 15) is 4.79 Å². The van der Waals surface area contributed by atoms with Gasteiger partial charge >= 0.3 is 0 Å². The number of amides is 1. The van der Waals surface area contributed by atoms with Gasteiger partial charge in [0.15, 0.2) is 11.5 Å². The number of likely N-dealkylation sites (tertiary alicyclic amines) is 1. The smallest absolute Gasteiger partial charge is 0.276 e. The Kier molecular flexibility index (Phi) is 4.55. The number of aromatic nitrogens is 1. The summed E-state index contributed by atoms with van der Waals surface area (Å²) in [6.07, 6.45) is 3.08. The van der Waals surface area contributed by atoms with Crippen LogP contribution in [0.1, 0.15) is 42.4 Å². The SMILES string of the molecule is COCc1cc(C(=O)N2CCCCC2C(C)N)no1. The van der Waals surface area contributed by atoms with Crippen molar-refractivity contribution in [2.75, 3.05) is 13.7 Å². The van der Waals surface area contributed by atoms with Crippen LogP contribution >= 0.6 is 0 Å². The van der Waals surface area contributed by atoms with Crippen molar-refractivity contribution < 1.29 is 14.1 Å². The van der Waals surface area contributed by atoms with Gasteiger partial charge in [-0.1, -0.05) is 5.16 Å². The fourth-order valence-electron chi connectivity index (χ4n) is 2.53. The van der Waals surface area contributed by atoms with Crippen molar-refractivity contribution in [1.82, 2.24) is 10.1 Å². The van der Waals surface area contributed by atoms with E-state index in [1.165, 1.54) is 0 Å². The molecule has 0 aliphatic carbocycles. The molecule has 1 aromatic rings. The molecule has 0 radical (unpaired) electrons. The van der Waals surface area contributed by atoms with E-state index in [4.69, 9.17) is 15.0 Å². The molecule has 1 aliphatic rings. The normalized spacial score (nSPS) is 21.4. The molecule has 0 saturated carbocycles. The van der Waals surface area contributed by atoms with Gasteiger partial charge in [-0.2, -0.15) is 0 Å². The van der Waals surface area contributed by atoms with Crippen LogP contribution in [0, 0.1) is 0 Å². The number of rotatable bonds is 4. The first-order valence-corrected chi connectivity index (χ1v) is 6.64. The van der Waals surface area contributed by atoms with E-state index < -0.39 is 0 Å². The maximum Gasteiger partial charge on any atom is 0.276 e. The summed E-state index contributed by atoms with van der Waals surface area (Å²) in [7, 11) is 1.57. The Morgan fingerprint density at radius 2 is 2.47 bits per heavy atom. The van der Waals surface area contributed by atoms with Crippen molar-refractivity contribution in [3.63, 3.8) is 0 Å². The summed E-state index contributed by atoms with van der Waals surface area (Å²) >= 11 is 0. The first-order valence-electron chi connectivity index (χ1n) is 6.64. The summed E-state index contributed by atoms with van der Waals surface area (Å²) < 4.78 is 10.0. The van der Waals surface area contributed by atoms with Crippen molar-refractivity contribution in [2.45, 2.75) is 44.9 Å². The van der Waals surface area contributed by atoms with Gasteiger partial charge in [-0.3, -0.25) is 4.79 Å². The van der Waals surface area contributed by atoms with E-state index in [1.807, 2.05) is 11.8 Å². The number of carbonyl (C=O) groups excluding carboxylic acids is 1. The highest BCUT2D eigenvalue weighted by Crippen LogP contribution is 2.21. The van der Waals surface area contributed by atoms with Crippen LogP contribution < -0.4 is 5.73 Å². The molecule has 106 valence electrons. The first-order chi connectivity index (χ1) is 9.13. The maximum absolute atomic E-state index is 12.4. The first kappa shape index (κ1) is 14.0. The summed E-state index contributed by atoms with van der Waals surface area (Å²) in [5.74, 6) is 0.452. The van der Waals surface area contributed by atoms with E-state index in [0.29, 0.717) is 18.1 Å². The van der Waals surface area contributed by atoms with Crippen molar-refractivity contribution in [3.05, 3.63) is 17.5 Å². The Morgan fingerprint density at radius 3 is 3.16 bits per heavy atom. The second-order valence-corrected chi connectivity index (χ2v) is 5.03. The highest BCUT2D eigenvalue weighted by atomic mass is 16.5. The second kappa shape index (κ2) is 6.16. The molecule has 0 bridgehead atoms. The van der Waals surface area contributed by atoms with Crippen molar-refractivity contribution in [2.24, 2.45) is 5.73 Å². The lowest BCUT2D eigenvalue weighted by Crippen LogP contribution is -2.51. The Balaban J connectivity index is 2.11. The van der Waals surface area contributed by atoms with E-state index in [1.54, 1.807) is 13.2 Å². The molecule has 1 aliphatic heterocycles. The number of carbonyl (C=O) groups is 1. The fraction of sp³-hybridized carbons (Fsp3) is 0.692. The zero-order valence-electron chi connectivity index (χ0n) is 11.5. The Hall–Kier alpha value is -1.40. The average Bonchev–Trinajstić information content (AvgIpc) is 2.87. The van der Waals surface area contributed by atoms with Gasteiger partial charge in [0.25, 0.3) is 5.91 Å². The van der Waals surface area contributed by atoms with E-state index in [0.717, 1.165) is 25.8 Å². The lowest BCUT2D eigenvalue weighted by atomic mass is 9.96. The number of methoxy groups -OCH3 is 1. The predicted molar refractivity (Wildman–Crippen MR) is 69.5 cm³/mol. The van der Waals surface area contributed by atoms with Crippen LogP contribution in [0.4, 0.5) is 0 Å². The summed E-state index contributed by atoms with van der Waals surface area (Å²) in [5, 5.41) is 3.82. The topological polar surface area (TPSA) is 81.6 Å². The Labute approximate surface area is 112 Å². The minimum absolute atomic E-state index is 0.0328. The third kappa shape index (κ3) is 3.13. The molecule has 19 heavy (non-hydrogen) atoms. The van der Waals surface area contributed by atoms with Gasteiger partial charge in [-0.05, 0) is 26.2 Å². The molecule has 0 spiro atoms. The monoisotopic (exact) mass is 267 g/mol. The number of hydrogen-bond donors (Lipinski definition) is 1. The van der Waals surface area contributed by atoms with Gasteiger partial charge in [0, 0.05) is 31.8 Å². The molecule has 2 atom stereocenters. The Morgan fingerprint density at radius 1 is 1.68 bits per heavy atom. The summed E-state index contributed by atoms with van der Waals surface area (Å²) in [5.41, 5.74) is 6.30. The van der Waals surface area contributed by atoms with Crippen molar-refractivity contribution in [3.8, 4) is 0 Å². The minimum atomic E-state index is -0.104. The zero-order valence-corrected chi connectivity index (χ0v) is 11.5. The van der Waals surface area contributed by atoms with Crippen LogP contribution in [0.2, 0.25) is 0 Å². The molecule has 6 nitrogen and oxygen atoms in total. The molecule has 1 amide bonds. The molecule has 1 saturated heterocycles. The maximum atomic E-state index is 12.4. The van der Waals surface area contributed by atoms with Gasteiger partial charge in [0.05, 0.1) is 0 Å². The quantitative estimate of drug-likeness (QED) is 0.885. The van der Waals surface area contributed by atoms with Crippen LogP contribution in [0.3, 0.4) is 0 Å². The lowest BCUT2D eigenvalue weighted by molar-refractivity contribution is 0.0573. The molecule has 1 aromatic heterocycles. The van der Waals surface area contributed by atoms with Gasteiger partial charge in [-0.15, -0.1) is 0 Å². The molecule has 1 fully saturated rings. The van der Waals surface area contributed by atoms with Gasteiger partial charge in [0.1, 0.15) is 6.61 Å². The summed E-state index contributed by atoms with van der Waals surface area (Å²) in [6.45, 7) is 2.99. The zero-order chi connectivity index (χ0) is 13.8. The van der Waals surface area contributed by atoms with Gasteiger partial charge in [0.2, 0.25) is 0 Å². The molecule has 2 unspecified atom stereocenters. The van der Waals surface area contributed by atoms with Crippen LogP contribution in [0.25, 0.3) is 0 Å². The number of piperidine rings is 1. The molecular weight excluding hydrogens is 246 g/mol. The second-order valence-electron chi connectivity index (χ2n) is 5.03. The van der Waals surface area contributed by atoms with Crippen LogP contribution in [-0.2, 0) is 11.3 Å². The molecule has 2 N–H and O–H groups in total. The molecule has 2 rings (SSSR count). The summed E-state index contributed by atoms with van der Waals surface area (Å²) in [6, 6.07) is 1.69. The van der Waals surface area contributed by atoms with E-state index >= 15 is 0 Å². The third-order valence-electron chi connectivity index (χ3n) is 3.48. The van der Waals surface area contributed by atoms with Crippen molar-refractivity contribution in [1.29, 1.82) is 0 Å². The van der Waals surface area contributed by atoms with Crippen LogP contribution in [0.15, 0.2) is 10.6 Å². The standard InChI is InChI=1S/C13H21N3O3/c1-9(14)12-5-3-4-6-16(12)13(17)11-7-10(8-18-2)19-15-11/h7,9,12H,3-6,8,14H2,1-2H3. The largest absolute Gasteiger partial charge is 0.377 e. The molecule has 2 heterocycles. The van der Waals surface area contributed by atoms with Crippen molar-refractivity contribution >= 4 is 5.91 Å². The van der Waals surface area contributed by atoms with Crippen LogP contribution in [-0.4, -0.2) is 41.7 Å². The average molecular weight is 267 g/mol. The van der Waals surface area contributed by atoms with E-state index in [-0.39, 0.29) is 18.0 Å². The van der Waals surface area contributed by atoms with Gasteiger partial charge < -0.3 is 19.9 Å². The molecule has 0 aromatic carbocycles. The van der Waals surface area contributed by atoms with Crippen LogP contribution in [0.5, 0.6) is 0 Å². The number of hydrogen-bond acceptors (Lipinski definition) is 5. The summed E-state index contributed by atoms with van der Waals surface area (Å²) in [4.78, 5) is 14.3. The molecule has 6 heteroatoms. The van der Waals surface area contributed by atoms with Gasteiger partial charge in [-0.25, -0.2) is 0 Å². The number of ether oxygens (including phenoxy) is 1. The predicted octanol–water partition coefficient (Wildman–Crippen LogP) is 1.16. The molecular formula is C13H21N3O3.